The summed E-state index contributed by atoms with van der Waals surface area (Å²) in [6.45, 7) is 0. The van der Waals surface area contributed by atoms with E-state index in [1.807, 2.05) is 0 Å². The molecule has 1 N–H and O–H groups in total. The third-order valence-corrected chi connectivity index (χ3v) is 2.86. The number of methoxy groups -OCH3 is 1. The van der Waals surface area contributed by atoms with Gasteiger partial charge in [-0.3, -0.25) is 0 Å². The van der Waals surface area contributed by atoms with Crippen molar-refractivity contribution in [1.82, 2.24) is 0 Å². The number of rotatable bonds is 2. The standard InChI is InChI=1S/C6H6O4S2/c1-10-6(7)5-2-4(3-11-5)12(8)9/h2-3H,1H3,(H,8,9). The topological polar surface area (TPSA) is 63.6 Å². The van der Waals surface area contributed by atoms with E-state index < -0.39 is 17.0 Å². The molecule has 1 rings (SSSR count). The predicted octanol–water partition coefficient (Wildman–Crippen LogP) is 1.12. The molecule has 4 nitrogen and oxygen atoms in total. The highest BCUT2D eigenvalue weighted by atomic mass is 32.2. The maximum atomic E-state index is 10.9. The third-order valence-electron chi connectivity index (χ3n) is 1.16. The highest BCUT2D eigenvalue weighted by Crippen LogP contribution is 2.17. The molecule has 6 heteroatoms. The van der Waals surface area contributed by atoms with E-state index in [0.717, 1.165) is 11.3 Å². The second kappa shape index (κ2) is 3.79. The highest BCUT2D eigenvalue weighted by Gasteiger charge is 2.10. The predicted molar refractivity (Wildman–Crippen MR) is 44.7 cm³/mol. The van der Waals surface area contributed by atoms with Crippen LogP contribution < -0.4 is 0 Å². The van der Waals surface area contributed by atoms with Gasteiger partial charge in [-0.1, -0.05) is 0 Å². The van der Waals surface area contributed by atoms with Crippen molar-refractivity contribution < 1.29 is 18.3 Å². The first-order valence-corrected chi connectivity index (χ1v) is 4.91. The SMILES string of the molecule is COC(=O)c1cc(S(=O)O)cs1. The van der Waals surface area contributed by atoms with Gasteiger partial charge in [-0.05, 0) is 6.07 Å². The number of esters is 1. The molecule has 66 valence electrons. The van der Waals surface area contributed by atoms with Gasteiger partial charge in [-0.2, -0.15) is 0 Å². The molecule has 0 aliphatic rings. The maximum absolute atomic E-state index is 10.9. The van der Waals surface area contributed by atoms with Gasteiger partial charge in [0.15, 0.2) is 11.1 Å². The summed E-state index contributed by atoms with van der Waals surface area (Å²) in [4.78, 5) is 11.4. The van der Waals surface area contributed by atoms with Crippen LogP contribution in [0.1, 0.15) is 9.67 Å². The van der Waals surface area contributed by atoms with Crippen LogP contribution in [0, 0.1) is 0 Å². The molecule has 1 unspecified atom stereocenters. The van der Waals surface area contributed by atoms with Crippen LogP contribution in [0.25, 0.3) is 0 Å². The van der Waals surface area contributed by atoms with Gasteiger partial charge in [0, 0.05) is 5.38 Å². The largest absolute Gasteiger partial charge is 0.465 e. The molecular formula is C6H6O4S2. The number of ether oxygens (including phenoxy) is 1. The van der Waals surface area contributed by atoms with E-state index in [1.54, 1.807) is 0 Å². The van der Waals surface area contributed by atoms with Crippen LogP contribution >= 0.6 is 11.3 Å². The molecule has 1 aromatic rings. The summed E-state index contributed by atoms with van der Waals surface area (Å²) in [5, 5.41) is 1.45. The average Bonchev–Trinajstić information content (AvgIpc) is 2.51. The monoisotopic (exact) mass is 206 g/mol. The zero-order valence-corrected chi connectivity index (χ0v) is 7.78. The van der Waals surface area contributed by atoms with Crippen LogP contribution in [0.2, 0.25) is 0 Å². The molecule has 12 heavy (non-hydrogen) atoms. The van der Waals surface area contributed by atoms with Gasteiger partial charge in [0.25, 0.3) is 0 Å². The minimum absolute atomic E-state index is 0.223. The Kier molecular flexibility index (Phi) is 2.96. The van der Waals surface area contributed by atoms with Gasteiger partial charge in [-0.15, -0.1) is 11.3 Å². The zero-order chi connectivity index (χ0) is 9.14. The molecule has 0 saturated heterocycles. The summed E-state index contributed by atoms with van der Waals surface area (Å²) < 4.78 is 23.5. The molecule has 0 fully saturated rings. The van der Waals surface area contributed by atoms with Crippen molar-refractivity contribution >= 4 is 28.4 Å². The molecule has 1 aromatic heterocycles. The Labute approximate surface area is 75.5 Å². The maximum Gasteiger partial charge on any atom is 0.348 e. The Balaban J connectivity index is 2.91. The van der Waals surface area contributed by atoms with Crippen LogP contribution in [0.3, 0.4) is 0 Å². The second-order valence-corrected chi connectivity index (χ2v) is 3.77. The van der Waals surface area contributed by atoms with Crippen LogP contribution in [-0.2, 0) is 15.8 Å². The van der Waals surface area contributed by atoms with E-state index in [9.17, 15) is 9.00 Å². The Morgan fingerprint density at radius 3 is 2.83 bits per heavy atom. The number of carbonyl (C=O) groups is 1. The Hall–Kier alpha value is -0.720. The van der Waals surface area contributed by atoms with Gasteiger partial charge in [0.1, 0.15) is 4.88 Å². The molecule has 0 saturated carbocycles. The van der Waals surface area contributed by atoms with Crippen molar-refractivity contribution in [3.63, 3.8) is 0 Å². The number of carbonyl (C=O) groups excluding carboxylic acids is 1. The summed E-state index contributed by atoms with van der Waals surface area (Å²) in [5.74, 6) is -0.489. The lowest BCUT2D eigenvalue weighted by molar-refractivity contribution is 0.0606. The normalized spacial score (nSPS) is 12.5. The lowest BCUT2D eigenvalue weighted by atomic mass is 10.5. The molecule has 0 aliphatic heterocycles. The van der Waals surface area contributed by atoms with Crippen LogP contribution in [0.4, 0.5) is 0 Å². The fraction of sp³-hybridized carbons (Fsp3) is 0.167. The fourth-order valence-corrected chi connectivity index (χ4v) is 2.07. The second-order valence-electron chi connectivity index (χ2n) is 1.89. The average molecular weight is 206 g/mol. The van der Waals surface area contributed by atoms with E-state index in [4.69, 9.17) is 4.55 Å². The van der Waals surface area contributed by atoms with Crippen molar-refractivity contribution in [1.29, 1.82) is 0 Å². The first kappa shape index (κ1) is 9.37. The van der Waals surface area contributed by atoms with Crippen molar-refractivity contribution in [2.75, 3.05) is 7.11 Å². The minimum Gasteiger partial charge on any atom is -0.465 e. The van der Waals surface area contributed by atoms with Gasteiger partial charge < -0.3 is 9.29 Å². The summed E-state index contributed by atoms with van der Waals surface area (Å²) in [6, 6.07) is 1.34. The number of thiophene rings is 1. The Morgan fingerprint density at radius 1 is 1.75 bits per heavy atom. The number of hydrogen-bond donors (Lipinski definition) is 1. The van der Waals surface area contributed by atoms with Crippen LogP contribution in [0.5, 0.6) is 0 Å². The smallest absolute Gasteiger partial charge is 0.348 e. The lowest BCUT2D eigenvalue weighted by Gasteiger charge is -1.90. The molecule has 1 atom stereocenters. The van der Waals surface area contributed by atoms with Gasteiger partial charge in [0.05, 0.1) is 12.0 Å². The molecule has 0 bridgehead atoms. The quantitative estimate of drug-likeness (QED) is 0.581. The highest BCUT2D eigenvalue weighted by molar-refractivity contribution is 7.79. The van der Waals surface area contributed by atoms with E-state index in [0.29, 0.717) is 4.88 Å². The van der Waals surface area contributed by atoms with Crippen LogP contribution in [-0.4, -0.2) is 21.8 Å². The molecule has 0 radical (unpaired) electrons. The molecule has 0 spiro atoms. The van der Waals surface area contributed by atoms with Crippen molar-refractivity contribution in [2.24, 2.45) is 0 Å². The summed E-state index contributed by atoms with van der Waals surface area (Å²) in [5.41, 5.74) is 0. The first-order chi connectivity index (χ1) is 5.65. The van der Waals surface area contributed by atoms with Gasteiger partial charge >= 0.3 is 5.97 Å². The lowest BCUT2D eigenvalue weighted by Crippen LogP contribution is -1.97. The van der Waals surface area contributed by atoms with E-state index in [-0.39, 0.29) is 4.90 Å². The Bertz CT molecular complexity index is 317. The molecular weight excluding hydrogens is 200 g/mol. The first-order valence-electron chi connectivity index (χ1n) is 2.93. The Morgan fingerprint density at radius 2 is 2.42 bits per heavy atom. The minimum atomic E-state index is -2.02. The van der Waals surface area contributed by atoms with Crippen LogP contribution in [0.15, 0.2) is 16.3 Å². The summed E-state index contributed by atoms with van der Waals surface area (Å²) in [6.07, 6.45) is 0. The molecule has 0 aromatic carbocycles. The number of hydrogen-bond acceptors (Lipinski definition) is 4. The fourth-order valence-electron chi connectivity index (χ4n) is 0.618. The molecule has 0 aliphatic carbocycles. The summed E-state index contributed by atoms with van der Waals surface area (Å²) in [7, 11) is 1.26. The zero-order valence-electron chi connectivity index (χ0n) is 6.14. The third kappa shape index (κ3) is 1.90. The molecule has 0 amide bonds. The van der Waals surface area contributed by atoms with Crippen molar-refractivity contribution in [3.05, 3.63) is 16.3 Å². The van der Waals surface area contributed by atoms with E-state index >= 15 is 0 Å². The van der Waals surface area contributed by atoms with Gasteiger partial charge in [-0.25, -0.2) is 9.00 Å². The van der Waals surface area contributed by atoms with Crippen molar-refractivity contribution in [3.8, 4) is 0 Å². The van der Waals surface area contributed by atoms with Crippen molar-refractivity contribution in [2.45, 2.75) is 4.90 Å². The van der Waals surface area contributed by atoms with E-state index in [1.165, 1.54) is 18.6 Å². The summed E-state index contributed by atoms with van der Waals surface area (Å²) >= 11 is -0.941. The van der Waals surface area contributed by atoms with Gasteiger partial charge in [0.2, 0.25) is 0 Å². The molecule has 1 heterocycles. The van der Waals surface area contributed by atoms with E-state index in [2.05, 4.69) is 4.74 Å².